The fraction of sp³-hybridized carbons (Fsp3) is 0.185. The summed E-state index contributed by atoms with van der Waals surface area (Å²) >= 11 is 0. The van der Waals surface area contributed by atoms with E-state index >= 15 is 0 Å². The van der Waals surface area contributed by atoms with Crippen LogP contribution < -0.4 is 0 Å². The van der Waals surface area contributed by atoms with E-state index in [-0.39, 0.29) is 5.91 Å². The maximum absolute atomic E-state index is 13.1. The highest BCUT2D eigenvalue weighted by molar-refractivity contribution is 5.93. The summed E-state index contributed by atoms with van der Waals surface area (Å²) in [5.74, 6) is -0.00361. The molecule has 0 saturated heterocycles. The van der Waals surface area contributed by atoms with Crippen LogP contribution in [0, 0.1) is 0 Å². The van der Waals surface area contributed by atoms with E-state index in [9.17, 15) is 4.79 Å². The standard InChI is InChI=1S/C27H25N5O/c33-26(32(25-12-13-25)20-24-10-4-5-16-29-24)14-11-23-19-31(18-21-7-2-1-3-8-21)30-27(23)22-9-6-15-28-17-22/h1-11,14-17,19,25H,12-13,18,20H2. The average molecular weight is 436 g/mol. The molecule has 0 spiro atoms. The van der Waals surface area contributed by atoms with E-state index in [1.54, 1.807) is 24.7 Å². The van der Waals surface area contributed by atoms with Crippen molar-refractivity contribution in [3.63, 3.8) is 0 Å². The molecule has 0 atom stereocenters. The van der Waals surface area contributed by atoms with Crippen molar-refractivity contribution in [2.24, 2.45) is 0 Å². The Morgan fingerprint density at radius 3 is 2.61 bits per heavy atom. The molecule has 3 aromatic heterocycles. The maximum Gasteiger partial charge on any atom is 0.247 e. The molecule has 1 aromatic carbocycles. The number of hydrogen-bond acceptors (Lipinski definition) is 4. The highest BCUT2D eigenvalue weighted by Gasteiger charge is 2.31. The summed E-state index contributed by atoms with van der Waals surface area (Å²) in [4.78, 5) is 23.7. The molecule has 1 aliphatic carbocycles. The molecule has 0 N–H and O–H groups in total. The van der Waals surface area contributed by atoms with Crippen molar-refractivity contribution in [2.45, 2.75) is 32.0 Å². The van der Waals surface area contributed by atoms with Gasteiger partial charge in [0.2, 0.25) is 5.91 Å². The Morgan fingerprint density at radius 2 is 1.88 bits per heavy atom. The van der Waals surface area contributed by atoms with Crippen LogP contribution in [0.15, 0.2) is 91.5 Å². The first kappa shape index (κ1) is 20.8. The smallest absolute Gasteiger partial charge is 0.247 e. The second-order valence-corrected chi connectivity index (χ2v) is 8.21. The molecule has 164 valence electrons. The molecular formula is C27H25N5O. The molecule has 1 fully saturated rings. The number of nitrogens with zero attached hydrogens (tertiary/aromatic N) is 5. The van der Waals surface area contributed by atoms with Crippen LogP contribution in [0.2, 0.25) is 0 Å². The Morgan fingerprint density at radius 1 is 1.03 bits per heavy atom. The molecule has 5 rings (SSSR count). The number of carbonyl (C=O) groups is 1. The van der Waals surface area contributed by atoms with Gasteiger partial charge in [0.1, 0.15) is 5.69 Å². The topological polar surface area (TPSA) is 63.9 Å². The van der Waals surface area contributed by atoms with Crippen LogP contribution in [0.1, 0.15) is 29.7 Å². The van der Waals surface area contributed by atoms with Gasteiger partial charge in [-0.25, -0.2) is 0 Å². The van der Waals surface area contributed by atoms with Crippen molar-refractivity contribution < 1.29 is 4.79 Å². The van der Waals surface area contributed by atoms with Crippen molar-refractivity contribution in [3.05, 3.63) is 108 Å². The van der Waals surface area contributed by atoms with Crippen LogP contribution in [0.4, 0.5) is 0 Å². The van der Waals surface area contributed by atoms with Crippen LogP contribution >= 0.6 is 0 Å². The van der Waals surface area contributed by atoms with Gasteiger partial charge in [-0.3, -0.25) is 19.4 Å². The largest absolute Gasteiger partial charge is 0.330 e. The first-order chi connectivity index (χ1) is 16.3. The Bertz CT molecular complexity index is 1230. The molecule has 6 heteroatoms. The molecule has 4 aromatic rings. The number of rotatable bonds is 8. The second kappa shape index (κ2) is 9.61. The normalized spacial score (nSPS) is 13.3. The Balaban J connectivity index is 1.40. The van der Waals surface area contributed by atoms with Crippen molar-refractivity contribution in [1.29, 1.82) is 0 Å². The zero-order valence-electron chi connectivity index (χ0n) is 18.3. The lowest BCUT2D eigenvalue weighted by atomic mass is 10.1. The molecular weight excluding hydrogens is 410 g/mol. The third kappa shape index (κ3) is 5.23. The number of hydrogen-bond donors (Lipinski definition) is 0. The summed E-state index contributed by atoms with van der Waals surface area (Å²) in [6.45, 7) is 1.18. The third-order valence-corrected chi connectivity index (χ3v) is 5.65. The quantitative estimate of drug-likeness (QED) is 0.380. The molecule has 0 bridgehead atoms. The molecule has 1 aliphatic rings. The summed E-state index contributed by atoms with van der Waals surface area (Å²) in [6, 6.07) is 20.2. The van der Waals surface area contributed by atoms with E-state index in [1.165, 1.54) is 5.56 Å². The summed E-state index contributed by atoms with van der Waals surface area (Å²) in [7, 11) is 0. The van der Waals surface area contributed by atoms with Crippen molar-refractivity contribution >= 4 is 12.0 Å². The van der Waals surface area contributed by atoms with Gasteiger partial charge in [-0.2, -0.15) is 5.10 Å². The summed E-state index contributed by atoms with van der Waals surface area (Å²) in [5, 5.41) is 4.80. The van der Waals surface area contributed by atoms with Crippen LogP contribution in [-0.2, 0) is 17.9 Å². The number of carbonyl (C=O) groups excluding carboxylic acids is 1. The van der Waals surface area contributed by atoms with E-state index in [0.717, 1.165) is 35.4 Å². The predicted octanol–water partition coefficient (Wildman–Crippen LogP) is 4.59. The van der Waals surface area contributed by atoms with Gasteiger partial charge in [-0.15, -0.1) is 0 Å². The van der Waals surface area contributed by atoms with Gasteiger partial charge in [0.15, 0.2) is 0 Å². The highest BCUT2D eigenvalue weighted by atomic mass is 16.2. The Hall–Kier alpha value is -4.06. The van der Waals surface area contributed by atoms with Gasteiger partial charge < -0.3 is 4.90 Å². The average Bonchev–Trinajstić information content (AvgIpc) is 3.63. The summed E-state index contributed by atoms with van der Waals surface area (Å²) < 4.78 is 1.91. The SMILES string of the molecule is O=C(C=Cc1cn(Cc2ccccc2)nc1-c1cccnc1)N(Cc1ccccn1)C1CC1. The second-order valence-electron chi connectivity index (χ2n) is 8.21. The van der Waals surface area contributed by atoms with E-state index in [1.807, 2.05) is 70.4 Å². The maximum atomic E-state index is 13.1. The minimum Gasteiger partial charge on any atom is -0.330 e. The van der Waals surface area contributed by atoms with Crippen LogP contribution in [-0.4, -0.2) is 36.6 Å². The molecule has 1 saturated carbocycles. The van der Waals surface area contributed by atoms with Gasteiger partial charge in [0.25, 0.3) is 0 Å². The monoisotopic (exact) mass is 435 g/mol. The van der Waals surface area contributed by atoms with E-state index in [0.29, 0.717) is 19.1 Å². The Labute approximate surface area is 193 Å². The van der Waals surface area contributed by atoms with Gasteiger partial charge in [0.05, 0.1) is 18.8 Å². The molecule has 0 aliphatic heterocycles. The molecule has 6 nitrogen and oxygen atoms in total. The Kier molecular flexibility index (Phi) is 6.06. The van der Waals surface area contributed by atoms with Crippen molar-refractivity contribution in [1.82, 2.24) is 24.6 Å². The van der Waals surface area contributed by atoms with Crippen molar-refractivity contribution in [3.8, 4) is 11.3 Å². The minimum atomic E-state index is -0.00361. The molecule has 0 unspecified atom stereocenters. The van der Waals surface area contributed by atoms with Gasteiger partial charge >= 0.3 is 0 Å². The predicted molar refractivity (Wildman–Crippen MR) is 128 cm³/mol. The molecule has 0 radical (unpaired) electrons. The lowest BCUT2D eigenvalue weighted by molar-refractivity contribution is -0.127. The number of benzene rings is 1. The lowest BCUT2D eigenvalue weighted by Gasteiger charge is -2.20. The van der Waals surface area contributed by atoms with E-state index in [2.05, 4.69) is 22.1 Å². The number of amides is 1. The molecule has 33 heavy (non-hydrogen) atoms. The van der Waals surface area contributed by atoms with Gasteiger partial charge in [-0.1, -0.05) is 36.4 Å². The summed E-state index contributed by atoms with van der Waals surface area (Å²) in [5.41, 5.74) is 4.69. The van der Waals surface area contributed by atoms with Crippen LogP contribution in [0.5, 0.6) is 0 Å². The zero-order valence-corrected chi connectivity index (χ0v) is 18.3. The number of pyridine rings is 2. The third-order valence-electron chi connectivity index (χ3n) is 5.65. The molecule has 1 amide bonds. The zero-order chi connectivity index (χ0) is 22.5. The highest BCUT2D eigenvalue weighted by Crippen LogP contribution is 2.29. The van der Waals surface area contributed by atoms with Gasteiger partial charge in [-0.05, 0) is 48.7 Å². The fourth-order valence-electron chi connectivity index (χ4n) is 3.83. The van der Waals surface area contributed by atoms with E-state index in [4.69, 9.17) is 5.10 Å². The molecule has 3 heterocycles. The minimum absolute atomic E-state index is 0.00361. The fourth-order valence-corrected chi connectivity index (χ4v) is 3.83. The van der Waals surface area contributed by atoms with Crippen LogP contribution in [0.25, 0.3) is 17.3 Å². The van der Waals surface area contributed by atoms with E-state index < -0.39 is 0 Å². The van der Waals surface area contributed by atoms with Crippen LogP contribution in [0.3, 0.4) is 0 Å². The first-order valence-corrected chi connectivity index (χ1v) is 11.2. The first-order valence-electron chi connectivity index (χ1n) is 11.2. The summed E-state index contributed by atoms with van der Waals surface area (Å²) in [6.07, 6.45) is 12.9. The van der Waals surface area contributed by atoms with Gasteiger partial charge in [0, 0.05) is 48.0 Å². The van der Waals surface area contributed by atoms with Crippen molar-refractivity contribution in [2.75, 3.05) is 0 Å². The lowest BCUT2D eigenvalue weighted by Crippen LogP contribution is -2.31. The number of aromatic nitrogens is 4.